The Balaban J connectivity index is 0.000000293. The Bertz CT molecular complexity index is 1650. The van der Waals surface area contributed by atoms with Crippen LogP contribution < -0.4 is 24.8 Å². The third-order valence-electron chi connectivity index (χ3n) is 8.38. The molecule has 0 fully saturated rings. The Morgan fingerprint density at radius 3 is 1.46 bits per heavy atom. The van der Waals surface area contributed by atoms with Crippen molar-refractivity contribution >= 4 is 49.6 Å². The third-order valence-corrected chi connectivity index (χ3v) is 11.0. The van der Waals surface area contributed by atoms with Gasteiger partial charge < -0.3 is 24.8 Å². The van der Waals surface area contributed by atoms with E-state index in [1.807, 2.05) is 42.5 Å². The molecule has 7 heteroatoms. The van der Waals surface area contributed by atoms with Crippen molar-refractivity contribution in [2.45, 2.75) is 82.3 Å². The van der Waals surface area contributed by atoms with Crippen LogP contribution in [0.5, 0.6) is 0 Å². The average Bonchev–Trinajstić information content (AvgIpc) is 3.78. The summed E-state index contributed by atoms with van der Waals surface area (Å²) in [5.41, 5.74) is 15.4. The molecule has 0 nitrogen and oxygen atoms in total. The van der Waals surface area contributed by atoms with E-state index < -0.39 is 0 Å². The van der Waals surface area contributed by atoms with Gasteiger partial charge in [-0.25, -0.2) is 12.1 Å². The number of benzene rings is 4. The maximum absolute atomic E-state index is 5.99. The van der Waals surface area contributed by atoms with Crippen LogP contribution in [0.2, 0.25) is 0 Å². The van der Waals surface area contributed by atoms with Crippen molar-refractivity contribution in [2.75, 3.05) is 0 Å². The van der Waals surface area contributed by atoms with Crippen LogP contribution in [-0.4, -0.2) is 3.21 Å². The van der Waals surface area contributed by atoms with Gasteiger partial charge in [0.15, 0.2) is 0 Å². The van der Waals surface area contributed by atoms with Gasteiger partial charge in [0, 0.05) is 0 Å². The molecular formula is C43H44Cl6Zr-2. The Kier molecular flexibility index (Phi) is 18.2. The average molecular weight is 865 g/mol. The Morgan fingerprint density at radius 2 is 1.08 bits per heavy atom. The molecule has 1 aliphatic rings. The molecular weight excluding hydrogens is 820 g/mol. The number of halogens is 6. The number of alkyl halides is 4. The standard InChI is InChI=1S/C21H25.C17H14Cl4.C5H5.2ClH.Zr/c1-20(2,3)16-9-7-14-11-15-8-10-17(21(4,5)6)13-19(15)18(14)12-16;18-8-14-2-12(3-15(6-14)9-19)1-13-4-16(10-20)7-17(5-13)11-21;1-2-4-5-3-1;;;/h7,9-10,12-13H,11H2,1-6H3;2-7H,8-11H2;1-5H;2*1H;/q-1;;-1;;;+2/p-2. The molecule has 5 aromatic carbocycles. The number of hydrogen-bond acceptors (Lipinski definition) is 0. The fourth-order valence-electron chi connectivity index (χ4n) is 5.59. The zero-order valence-corrected chi connectivity index (χ0v) is 36.5. The second-order valence-corrected chi connectivity index (χ2v) is 16.6. The molecule has 1 aliphatic carbocycles. The zero-order valence-electron chi connectivity index (χ0n) is 29.5. The van der Waals surface area contributed by atoms with Crippen molar-refractivity contribution in [1.29, 1.82) is 0 Å². The first-order valence-corrected chi connectivity index (χ1v) is 19.6. The zero-order chi connectivity index (χ0) is 35.1. The summed E-state index contributed by atoms with van der Waals surface area (Å²) in [6.45, 7) is 13.6. The van der Waals surface area contributed by atoms with Gasteiger partial charge in [0.05, 0.1) is 0 Å². The van der Waals surface area contributed by atoms with Gasteiger partial charge in [0.1, 0.15) is 0 Å². The topological polar surface area (TPSA) is 0 Å². The SMILES string of the molecule is CC(C)(C)c1c[c-]c2c(c1)-c1cc(C(C)(C)C)ccc1C2.ClCc1cc(CCl)cc([C](=[Zr+2])c2cc(CCl)cc(CCl)c2)c1.[Cl-].[Cl-].c1cc[cH-]c1. The molecule has 6 rings (SSSR count). The molecule has 0 saturated heterocycles. The van der Waals surface area contributed by atoms with E-state index in [-0.39, 0.29) is 35.6 Å². The maximum atomic E-state index is 5.99. The van der Waals surface area contributed by atoms with Crippen LogP contribution in [0.3, 0.4) is 0 Å². The predicted molar refractivity (Wildman–Crippen MR) is 207 cm³/mol. The summed E-state index contributed by atoms with van der Waals surface area (Å²) in [5, 5.41) is 0. The van der Waals surface area contributed by atoms with E-state index in [4.69, 9.17) is 46.4 Å². The molecule has 5 aromatic rings. The van der Waals surface area contributed by atoms with Crippen molar-refractivity contribution in [3.05, 3.63) is 159 Å². The molecule has 0 radical (unpaired) electrons. The first-order chi connectivity index (χ1) is 22.8. The second-order valence-electron chi connectivity index (χ2n) is 14.3. The van der Waals surface area contributed by atoms with Gasteiger partial charge in [-0.3, -0.25) is 0 Å². The van der Waals surface area contributed by atoms with E-state index in [1.54, 1.807) is 0 Å². The van der Waals surface area contributed by atoms with Crippen LogP contribution in [0, 0.1) is 6.07 Å². The van der Waals surface area contributed by atoms with E-state index in [0.717, 1.165) is 28.7 Å². The molecule has 264 valence electrons. The summed E-state index contributed by atoms with van der Waals surface area (Å²) in [4.78, 5) is 0. The van der Waals surface area contributed by atoms with Crippen LogP contribution in [0.25, 0.3) is 11.1 Å². The van der Waals surface area contributed by atoms with Crippen molar-refractivity contribution in [2.24, 2.45) is 0 Å². The number of fused-ring (bicyclic) bond motifs is 3. The van der Waals surface area contributed by atoms with Gasteiger partial charge in [0.2, 0.25) is 0 Å². The number of rotatable bonds is 6. The van der Waals surface area contributed by atoms with Gasteiger partial charge in [-0.2, -0.15) is 47.5 Å². The minimum absolute atomic E-state index is 0. The van der Waals surface area contributed by atoms with Gasteiger partial charge in [-0.1, -0.05) is 76.3 Å². The molecule has 0 aliphatic heterocycles. The van der Waals surface area contributed by atoms with E-state index in [0.29, 0.717) is 23.5 Å². The first-order valence-electron chi connectivity index (χ1n) is 16.2. The van der Waals surface area contributed by atoms with E-state index in [9.17, 15) is 0 Å². The Hall–Kier alpha value is -1.28. The fourth-order valence-corrected chi connectivity index (χ4v) is 6.92. The largest absolute Gasteiger partial charge is 1.00 e. The van der Waals surface area contributed by atoms with Gasteiger partial charge >= 0.3 is 167 Å². The Morgan fingerprint density at radius 1 is 0.640 bits per heavy atom. The molecule has 0 spiro atoms. The van der Waals surface area contributed by atoms with Crippen molar-refractivity contribution in [1.82, 2.24) is 0 Å². The van der Waals surface area contributed by atoms with E-state index in [1.165, 1.54) is 71.9 Å². The molecule has 50 heavy (non-hydrogen) atoms. The van der Waals surface area contributed by atoms with Crippen molar-refractivity contribution in [3.8, 4) is 11.1 Å². The van der Waals surface area contributed by atoms with Gasteiger partial charge in [-0.05, 0) is 17.4 Å². The monoisotopic (exact) mass is 860 g/mol. The maximum Gasteiger partial charge on any atom is -0.172 e. The predicted octanol–water partition coefficient (Wildman–Crippen LogP) is 6.82. The first kappa shape index (κ1) is 44.9. The minimum atomic E-state index is 0. The summed E-state index contributed by atoms with van der Waals surface area (Å²) in [5.74, 6) is 1.93. The molecule has 0 N–H and O–H groups in total. The molecule has 0 unspecified atom stereocenters. The summed E-state index contributed by atoms with van der Waals surface area (Å²) in [7, 11) is 0. The summed E-state index contributed by atoms with van der Waals surface area (Å²) < 4.78 is 1.25. The molecule has 0 atom stereocenters. The third kappa shape index (κ3) is 12.1. The van der Waals surface area contributed by atoms with Crippen LogP contribution >= 0.6 is 46.4 Å². The van der Waals surface area contributed by atoms with Crippen molar-refractivity contribution < 1.29 is 49.0 Å². The van der Waals surface area contributed by atoms with Crippen LogP contribution in [0.4, 0.5) is 0 Å². The fraction of sp³-hybridized carbons (Fsp3) is 0.302. The summed E-state index contributed by atoms with van der Waals surface area (Å²) >= 11 is 25.3. The van der Waals surface area contributed by atoms with E-state index >= 15 is 0 Å². The molecule has 0 heterocycles. The minimum Gasteiger partial charge on any atom is -1.00 e. The van der Waals surface area contributed by atoms with Gasteiger partial charge in [0.25, 0.3) is 0 Å². The van der Waals surface area contributed by atoms with Crippen LogP contribution in [-0.2, 0) is 65.0 Å². The molecule has 0 amide bonds. The second kappa shape index (κ2) is 20.3. The summed E-state index contributed by atoms with van der Waals surface area (Å²) in [6.07, 6.45) is 1.03. The van der Waals surface area contributed by atoms with Gasteiger partial charge in [-0.15, -0.1) is 5.56 Å². The van der Waals surface area contributed by atoms with Crippen molar-refractivity contribution in [3.63, 3.8) is 0 Å². The normalized spacial score (nSPS) is 11.4. The molecule has 0 bridgehead atoms. The summed E-state index contributed by atoms with van der Waals surface area (Å²) in [6, 6.07) is 37.7. The van der Waals surface area contributed by atoms with Crippen LogP contribution in [0.15, 0.2) is 97.1 Å². The molecule has 0 aromatic heterocycles. The van der Waals surface area contributed by atoms with E-state index in [2.05, 4.69) is 102 Å². The number of hydrogen-bond donors (Lipinski definition) is 0. The Labute approximate surface area is 347 Å². The molecule has 0 saturated carbocycles. The quantitative estimate of drug-likeness (QED) is 0.128. The smallest absolute Gasteiger partial charge is 0.172 e. The van der Waals surface area contributed by atoms with Crippen LogP contribution in [0.1, 0.15) is 97.2 Å².